The van der Waals surface area contributed by atoms with Crippen LogP contribution in [-0.4, -0.2) is 46.7 Å². The number of nitrogens with zero attached hydrogens (tertiary/aromatic N) is 3. The molecule has 4 rings (SSSR count). The van der Waals surface area contributed by atoms with E-state index in [1.54, 1.807) is 7.11 Å². The van der Waals surface area contributed by atoms with E-state index in [2.05, 4.69) is 9.55 Å². The van der Waals surface area contributed by atoms with Gasteiger partial charge in [0.25, 0.3) is 0 Å². The van der Waals surface area contributed by atoms with Gasteiger partial charge in [-0.15, -0.1) is 0 Å². The van der Waals surface area contributed by atoms with Crippen LogP contribution >= 0.6 is 0 Å². The van der Waals surface area contributed by atoms with Crippen molar-refractivity contribution >= 4 is 5.91 Å². The summed E-state index contributed by atoms with van der Waals surface area (Å²) in [4.78, 5) is 19.3. The Bertz CT molecular complexity index is 780. The Balaban J connectivity index is 1.26. The number of hydrogen-bond donors (Lipinski definition) is 0. The van der Waals surface area contributed by atoms with E-state index >= 15 is 0 Å². The minimum Gasteiger partial charge on any atom is -0.496 e. The maximum Gasteiger partial charge on any atom is 0.226 e. The number of carbonyl (C=O) groups excluding carboxylic acids is 1. The Labute approximate surface area is 160 Å². The summed E-state index contributed by atoms with van der Waals surface area (Å²) in [5.74, 6) is 2.26. The van der Waals surface area contributed by atoms with Crippen LogP contribution in [0.3, 0.4) is 0 Å². The van der Waals surface area contributed by atoms with Gasteiger partial charge < -0.3 is 18.9 Å². The van der Waals surface area contributed by atoms with E-state index in [1.807, 2.05) is 41.6 Å². The molecule has 0 saturated carbocycles. The Morgan fingerprint density at radius 1 is 1.19 bits per heavy atom. The van der Waals surface area contributed by atoms with Gasteiger partial charge in [-0.05, 0) is 25.3 Å². The zero-order valence-corrected chi connectivity index (χ0v) is 15.8. The van der Waals surface area contributed by atoms with Gasteiger partial charge in [-0.2, -0.15) is 0 Å². The number of likely N-dealkylation sites (tertiary alicyclic amines) is 1. The van der Waals surface area contributed by atoms with Crippen LogP contribution in [0.1, 0.15) is 30.7 Å². The number of benzene rings is 1. The van der Waals surface area contributed by atoms with Gasteiger partial charge in [0.2, 0.25) is 5.91 Å². The predicted molar refractivity (Wildman–Crippen MR) is 101 cm³/mol. The summed E-state index contributed by atoms with van der Waals surface area (Å²) in [5, 5.41) is 0. The first-order valence-electron chi connectivity index (χ1n) is 9.77. The normalized spacial score (nSPS) is 20.3. The summed E-state index contributed by atoms with van der Waals surface area (Å²) >= 11 is 0. The molecule has 0 radical (unpaired) electrons. The molecule has 2 aliphatic heterocycles. The molecule has 2 aromatic rings. The van der Waals surface area contributed by atoms with E-state index in [9.17, 15) is 4.79 Å². The number of methoxy groups -OCH3 is 1. The number of aryl methyl sites for hydroxylation is 1. The largest absolute Gasteiger partial charge is 0.496 e. The van der Waals surface area contributed by atoms with Crippen molar-refractivity contribution in [2.24, 2.45) is 5.92 Å². The third-order valence-corrected chi connectivity index (χ3v) is 5.72. The SMILES string of the molecule is COc1ccccc1COC1CCN(C(=O)C2CCn3ccnc3C2)CC1. The lowest BCUT2D eigenvalue weighted by atomic mass is 9.95. The van der Waals surface area contributed by atoms with Gasteiger partial charge in [0.05, 0.1) is 19.8 Å². The Morgan fingerprint density at radius 3 is 2.81 bits per heavy atom. The van der Waals surface area contributed by atoms with Crippen LogP contribution in [0.25, 0.3) is 0 Å². The average Bonchev–Trinajstić information content (AvgIpc) is 3.20. The summed E-state index contributed by atoms with van der Waals surface area (Å²) in [6.45, 7) is 3.00. The molecule has 1 atom stereocenters. The third kappa shape index (κ3) is 4.00. The molecular formula is C21H27N3O3. The highest BCUT2D eigenvalue weighted by atomic mass is 16.5. The molecule has 1 aromatic heterocycles. The van der Waals surface area contributed by atoms with E-state index in [0.717, 1.165) is 62.5 Å². The summed E-state index contributed by atoms with van der Waals surface area (Å²) in [7, 11) is 1.68. The first-order chi connectivity index (χ1) is 13.2. The van der Waals surface area contributed by atoms with Crippen molar-refractivity contribution < 1.29 is 14.3 Å². The molecule has 0 aliphatic carbocycles. The van der Waals surface area contributed by atoms with Crippen LogP contribution in [0, 0.1) is 5.92 Å². The molecule has 3 heterocycles. The van der Waals surface area contributed by atoms with Crippen molar-refractivity contribution in [1.82, 2.24) is 14.5 Å². The van der Waals surface area contributed by atoms with Gasteiger partial charge in [0.15, 0.2) is 0 Å². The summed E-state index contributed by atoms with van der Waals surface area (Å²) in [5.41, 5.74) is 1.07. The van der Waals surface area contributed by atoms with E-state index < -0.39 is 0 Å². The monoisotopic (exact) mass is 369 g/mol. The smallest absolute Gasteiger partial charge is 0.226 e. The number of rotatable bonds is 5. The number of ether oxygens (including phenoxy) is 2. The molecule has 0 spiro atoms. The van der Waals surface area contributed by atoms with E-state index in [-0.39, 0.29) is 17.9 Å². The number of carbonyl (C=O) groups is 1. The highest BCUT2D eigenvalue weighted by Gasteiger charge is 2.31. The first-order valence-corrected chi connectivity index (χ1v) is 9.77. The van der Waals surface area contributed by atoms with Gasteiger partial charge in [0, 0.05) is 49.9 Å². The minimum absolute atomic E-state index is 0.0750. The van der Waals surface area contributed by atoms with Crippen LogP contribution in [-0.2, 0) is 29.1 Å². The van der Waals surface area contributed by atoms with Gasteiger partial charge in [-0.25, -0.2) is 4.98 Å². The van der Waals surface area contributed by atoms with Crippen molar-refractivity contribution in [2.45, 2.75) is 44.9 Å². The van der Waals surface area contributed by atoms with E-state index in [4.69, 9.17) is 9.47 Å². The van der Waals surface area contributed by atoms with Gasteiger partial charge >= 0.3 is 0 Å². The van der Waals surface area contributed by atoms with Crippen molar-refractivity contribution in [3.63, 3.8) is 0 Å². The Kier molecular flexibility index (Phi) is 5.43. The summed E-state index contributed by atoms with van der Waals surface area (Å²) in [6, 6.07) is 7.95. The number of aromatic nitrogens is 2. The van der Waals surface area contributed by atoms with Crippen molar-refractivity contribution in [3.8, 4) is 5.75 Å². The second kappa shape index (κ2) is 8.13. The lowest BCUT2D eigenvalue weighted by molar-refractivity contribution is -0.139. The van der Waals surface area contributed by atoms with E-state index in [1.165, 1.54) is 0 Å². The second-order valence-corrected chi connectivity index (χ2v) is 7.37. The third-order valence-electron chi connectivity index (χ3n) is 5.72. The molecule has 2 aliphatic rings. The molecule has 27 heavy (non-hydrogen) atoms. The predicted octanol–water partition coefficient (Wildman–Crippen LogP) is 2.66. The Hall–Kier alpha value is -2.34. The lowest BCUT2D eigenvalue weighted by Crippen LogP contribution is -2.45. The fraction of sp³-hybridized carbons (Fsp3) is 0.524. The number of piperidine rings is 1. The molecule has 1 fully saturated rings. The fourth-order valence-electron chi connectivity index (χ4n) is 4.09. The standard InChI is InChI=1S/C21H27N3O3/c1-26-19-5-3-2-4-17(19)15-27-18-7-11-24(12-8-18)21(25)16-6-10-23-13-9-22-20(23)14-16/h2-5,9,13,16,18H,6-8,10-12,14-15H2,1H3. The number of para-hydroxylation sites is 1. The number of fused-ring (bicyclic) bond motifs is 1. The molecule has 6 nitrogen and oxygen atoms in total. The maximum absolute atomic E-state index is 12.9. The zero-order chi connectivity index (χ0) is 18.6. The number of hydrogen-bond acceptors (Lipinski definition) is 4. The quantitative estimate of drug-likeness (QED) is 0.813. The van der Waals surface area contributed by atoms with Crippen LogP contribution in [0.2, 0.25) is 0 Å². The van der Waals surface area contributed by atoms with Gasteiger partial charge in [-0.3, -0.25) is 4.79 Å². The van der Waals surface area contributed by atoms with Crippen LogP contribution < -0.4 is 4.74 Å². The molecule has 6 heteroatoms. The van der Waals surface area contributed by atoms with E-state index in [0.29, 0.717) is 6.61 Å². The Morgan fingerprint density at radius 2 is 2.00 bits per heavy atom. The maximum atomic E-state index is 12.9. The first kappa shape index (κ1) is 18.0. The molecule has 1 unspecified atom stereocenters. The van der Waals surface area contributed by atoms with Crippen molar-refractivity contribution in [1.29, 1.82) is 0 Å². The molecule has 1 amide bonds. The number of amides is 1. The van der Waals surface area contributed by atoms with Crippen molar-refractivity contribution in [2.75, 3.05) is 20.2 Å². The molecule has 1 saturated heterocycles. The second-order valence-electron chi connectivity index (χ2n) is 7.37. The van der Waals surface area contributed by atoms with Gasteiger partial charge in [-0.1, -0.05) is 18.2 Å². The van der Waals surface area contributed by atoms with Crippen LogP contribution in [0.15, 0.2) is 36.7 Å². The van der Waals surface area contributed by atoms with Crippen molar-refractivity contribution in [3.05, 3.63) is 48.0 Å². The summed E-state index contributed by atoms with van der Waals surface area (Å²) in [6.07, 6.45) is 7.48. The van der Waals surface area contributed by atoms with Gasteiger partial charge in [0.1, 0.15) is 11.6 Å². The molecular weight excluding hydrogens is 342 g/mol. The minimum atomic E-state index is 0.0750. The fourth-order valence-corrected chi connectivity index (χ4v) is 4.09. The molecule has 0 N–H and O–H groups in total. The average molecular weight is 369 g/mol. The van der Waals surface area contributed by atoms with Crippen LogP contribution in [0.5, 0.6) is 5.75 Å². The topological polar surface area (TPSA) is 56.6 Å². The highest BCUT2D eigenvalue weighted by Crippen LogP contribution is 2.25. The summed E-state index contributed by atoms with van der Waals surface area (Å²) < 4.78 is 13.6. The lowest BCUT2D eigenvalue weighted by Gasteiger charge is -2.35. The number of imidazole rings is 1. The zero-order valence-electron chi connectivity index (χ0n) is 15.8. The molecule has 0 bridgehead atoms. The molecule has 144 valence electrons. The molecule has 1 aromatic carbocycles. The van der Waals surface area contributed by atoms with Crippen LogP contribution in [0.4, 0.5) is 0 Å². The highest BCUT2D eigenvalue weighted by molar-refractivity contribution is 5.79.